The summed E-state index contributed by atoms with van der Waals surface area (Å²) in [4.78, 5) is 2.43. The lowest BCUT2D eigenvalue weighted by atomic mass is 10.0. The van der Waals surface area contributed by atoms with Crippen molar-refractivity contribution in [3.63, 3.8) is 0 Å². The minimum Gasteiger partial charge on any atom is -0.326 e. The van der Waals surface area contributed by atoms with Gasteiger partial charge in [-0.3, -0.25) is 4.90 Å². The predicted octanol–water partition coefficient (Wildman–Crippen LogP) is 2.64. The number of nitrogens with two attached hydrogens (primary N) is 1. The highest BCUT2D eigenvalue weighted by Crippen LogP contribution is 2.09. The Morgan fingerprint density at radius 2 is 1.81 bits per heavy atom. The normalized spacial score (nSPS) is 12.1. The van der Waals surface area contributed by atoms with Crippen LogP contribution in [0.15, 0.2) is 30.3 Å². The van der Waals surface area contributed by atoms with Crippen LogP contribution in [-0.2, 0) is 6.54 Å². The number of benzene rings is 1. The Kier molecular flexibility index (Phi) is 4.97. The quantitative estimate of drug-likeness (QED) is 0.798. The standard InChI is InChI=1S/C14H24N2/c1-4-16(11-10-14(2,3)15)12-13-8-6-5-7-9-13/h5-9H,4,10-12,15H2,1-3H3. The van der Waals surface area contributed by atoms with Crippen LogP contribution in [0.4, 0.5) is 0 Å². The molecule has 0 saturated carbocycles. The smallest absolute Gasteiger partial charge is 0.0233 e. The lowest BCUT2D eigenvalue weighted by Crippen LogP contribution is -2.37. The maximum atomic E-state index is 6.01. The number of nitrogens with zero attached hydrogens (tertiary/aromatic N) is 1. The molecule has 0 amide bonds. The zero-order valence-corrected chi connectivity index (χ0v) is 10.7. The molecule has 0 aliphatic carbocycles. The van der Waals surface area contributed by atoms with Crippen molar-refractivity contribution < 1.29 is 0 Å². The maximum absolute atomic E-state index is 6.01. The third-order valence-corrected chi connectivity index (χ3v) is 2.77. The van der Waals surface area contributed by atoms with Crippen molar-refractivity contribution in [2.75, 3.05) is 13.1 Å². The van der Waals surface area contributed by atoms with Crippen LogP contribution in [0.1, 0.15) is 32.8 Å². The summed E-state index contributed by atoms with van der Waals surface area (Å²) in [6, 6.07) is 10.6. The molecule has 0 unspecified atom stereocenters. The third-order valence-electron chi connectivity index (χ3n) is 2.77. The summed E-state index contributed by atoms with van der Waals surface area (Å²) in [5, 5.41) is 0. The van der Waals surface area contributed by atoms with Gasteiger partial charge in [-0.25, -0.2) is 0 Å². The highest BCUT2D eigenvalue weighted by atomic mass is 15.1. The lowest BCUT2D eigenvalue weighted by Gasteiger charge is -2.25. The molecule has 0 aromatic heterocycles. The number of hydrogen-bond acceptors (Lipinski definition) is 2. The van der Waals surface area contributed by atoms with Gasteiger partial charge in [0.1, 0.15) is 0 Å². The first-order valence-corrected chi connectivity index (χ1v) is 6.06. The van der Waals surface area contributed by atoms with Crippen molar-refractivity contribution in [1.82, 2.24) is 4.90 Å². The highest BCUT2D eigenvalue weighted by Gasteiger charge is 2.12. The molecule has 0 saturated heterocycles. The van der Waals surface area contributed by atoms with Crippen LogP contribution in [0, 0.1) is 0 Å². The van der Waals surface area contributed by atoms with Crippen molar-refractivity contribution in [1.29, 1.82) is 0 Å². The fourth-order valence-corrected chi connectivity index (χ4v) is 1.64. The second-order valence-electron chi connectivity index (χ2n) is 5.09. The van der Waals surface area contributed by atoms with Gasteiger partial charge in [0.15, 0.2) is 0 Å². The summed E-state index contributed by atoms with van der Waals surface area (Å²) in [7, 11) is 0. The van der Waals surface area contributed by atoms with E-state index in [9.17, 15) is 0 Å². The van der Waals surface area contributed by atoms with Gasteiger partial charge < -0.3 is 5.73 Å². The summed E-state index contributed by atoms with van der Waals surface area (Å²) in [6.45, 7) is 9.53. The Hall–Kier alpha value is -0.860. The molecule has 16 heavy (non-hydrogen) atoms. The van der Waals surface area contributed by atoms with E-state index in [1.54, 1.807) is 0 Å². The molecule has 90 valence electrons. The van der Waals surface area contributed by atoms with Crippen molar-refractivity contribution in [3.05, 3.63) is 35.9 Å². The molecular formula is C14H24N2. The first-order valence-electron chi connectivity index (χ1n) is 6.06. The average Bonchev–Trinajstić information content (AvgIpc) is 2.24. The van der Waals surface area contributed by atoms with E-state index in [4.69, 9.17) is 5.73 Å². The SMILES string of the molecule is CCN(CCC(C)(C)N)Cc1ccccc1. The molecule has 0 fully saturated rings. The van der Waals surface area contributed by atoms with Gasteiger partial charge in [0.25, 0.3) is 0 Å². The molecule has 0 aliphatic heterocycles. The molecule has 0 bridgehead atoms. The average molecular weight is 220 g/mol. The van der Waals surface area contributed by atoms with Gasteiger partial charge >= 0.3 is 0 Å². The van der Waals surface area contributed by atoms with Crippen LogP contribution in [0.2, 0.25) is 0 Å². The van der Waals surface area contributed by atoms with E-state index in [0.717, 1.165) is 26.1 Å². The summed E-state index contributed by atoms with van der Waals surface area (Å²) >= 11 is 0. The molecule has 1 aromatic rings. The Morgan fingerprint density at radius 3 is 2.31 bits per heavy atom. The molecular weight excluding hydrogens is 196 g/mol. The van der Waals surface area contributed by atoms with Gasteiger partial charge in [0.2, 0.25) is 0 Å². The van der Waals surface area contributed by atoms with E-state index in [-0.39, 0.29) is 5.54 Å². The van der Waals surface area contributed by atoms with Crippen molar-refractivity contribution in [3.8, 4) is 0 Å². The van der Waals surface area contributed by atoms with Crippen LogP contribution >= 0.6 is 0 Å². The van der Waals surface area contributed by atoms with Crippen molar-refractivity contribution >= 4 is 0 Å². The van der Waals surface area contributed by atoms with Gasteiger partial charge in [0, 0.05) is 18.6 Å². The molecule has 2 heteroatoms. The first kappa shape index (κ1) is 13.2. The highest BCUT2D eigenvalue weighted by molar-refractivity contribution is 5.14. The Balaban J connectivity index is 2.44. The first-order chi connectivity index (χ1) is 7.51. The molecule has 0 radical (unpaired) electrons. The van der Waals surface area contributed by atoms with E-state index in [1.807, 2.05) is 0 Å². The molecule has 1 aromatic carbocycles. The zero-order valence-electron chi connectivity index (χ0n) is 10.7. The Morgan fingerprint density at radius 1 is 1.19 bits per heavy atom. The zero-order chi connectivity index (χ0) is 12.0. The molecule has 0 heterocycles. The minimum atomic E-state index is -0.0654. The molecule has 2 nitrogen and oxygen atoms in total. The fraction of sp³-hybridized carbons (Fsp3) is 0.571. The summed E-state index contributed by atoms with van der Waals surface area (Å²) in [6.07, 6.45) is 1.04. The van der Waals surface area contributed by atoms with Gasteiger partial charge in [-0.1, -0.05) is 37.3 Å². The Labute approximate surface area is 99.5 Å². The van der Waals surface area contributed by atoms with Crippen LogP contribution in [0.5, 0.6) is 0 Å². The van der Waals surface area contributed by atoms with Crippen molar-refractivity contribution in [2.45, 2.75) is 39.3 Å². The van der Waals surface area contributed by atoms with Gasteiger partial charge in [0.05, 0.1) is 0 Å². The van der Waals surface area contributed by atoms with E-state index in [0.29, 0.717) is 0 Å². The van der Waals surface area contributed by atoms with Crippen molar-refractivity contribution in [2.24, 2.45) is 5.73 Å². The summed E-state index contributed by atoms with van der Waals surface area (Å²) in [5.41, 5.74) is 7.31. The van der Waals surface area contributed by atoms with Crippen LogP contribution in [-0.4, -0.2) is 23.5 Å². The van der Waals surface area contributed by atoms with Gasteiger partial charge in [-0.05, 0) is 32.4 Å². The third kappa shape index (κ3) is 5.29. The topological polar surface area (TPSA) is 29.3 Å². The fourth-order valence-electron chi connectivity index (χ4n) is 1.64. The summed E-state index contributed by atoms with van der Waals surface area (Å²) < 4.78 is 0. The second kappa shape index (κ2) is 6.02. The summed E-state index contributed by atoms with van der Waals surface area (Å²) in [5.74, 6) is 0. The van der Waals surface area contributed by atoms with Crippen LogP contribution in [0.3, 0.4) is 0 Å². The minimum absolute atomic E-state index is 0.0654. The van der Waals surface area contributed by atoms with E-state index in [2.05, 4.69) is 56.0 Å². The largest absolute Gasteiger partial charge is 0.326 e. The monoisotopic (exact) mass is 220 g/mol. The Bertz CT molecular complexity index is 287. The second-order valence-corrected chi connectivity index (χ2v) is 5.09. The molecule has 0 aliphatic rings. The van der Waals surface area contributed by atoms with E-state index < -0.39 is 0 Å². The predicted molar refractivity (Wildman–Crippen MR) is 70.3 cm³/mol. The van der Waals surface area contributed by atoms with Gasteiger partial charge in [-0.15, -0.1) is 0 Å². The van der Waals surface area contributed by atoms with E-state index in [1.165, 1.54) is 5.56 Å². The van der Waals surface area contributed by atoms with Crippen LogP contribution < -0.4 is 5.73 Å². The molecule has 0 spiro atoms. The molecule has 2 N–H and O–H groups in total. The number of hydrogen-bond donors (Lipinski definition) is 1. The maximum Gasteiger partial charge on any atom is 0.0233 e. The lowest BCUT2D eigenvalue weighted by molar-refractivity contribution is 0.252. The molecule has 1 rings (SSSR count). The van der Waals surface area contributed by atoms with E-state index >= 15 is 0 Å². The molecule has 0 atom stereocenters. The van der Waals surface area contributed by atoms with Gasteiger partial charge in [-0.2, -0.15) is 0 Å². The number of rotatable bonds is 6. The van der Waals surface area contributed by atoms with Crippen LogP contribution in [0.25, 0.3) is 0 Å².